The number of β-lactam (4-membered cyclic amide) rings is 1. The Labute approximate surface area is 173 Å². The third-order valence-corrected chi connectivity index (χ3v) is 8.25. The van der Waals surface area contributed by atoms with E-state index in [1.807, 2.05) is 0 Å². The van der Waals surface area contributed by atoms with Gasteiger partial charge in [0.2, 0.25) is 5.91 Å². The fourth-order valence-electron chi connectivity index (χ4n) is 3.45. The van der Waals surface area contributed by atoms with E-state index in [0.29, 0.717) is 5.00 Å². The second kappa shape index (κ2) is 7.58. The maximum Gasteiger partial charge on any atom is 0.313 e. The van der Waals surface area contributed by atoms with Gasteiger partial charge in [0.05, 0.1) is 0 Å². The summed E-state index contributed by atoms with van der Waals surface area (Å²) < 4.78 is 5.60. The van der Waals surface area contributed by atoms with Crippen molar-refractivity contribution in [3.63, 3.8) is 0 Å². The van der Waals surface area contributed by atoms with Gasteiger partial charge in [0.1, 0.15) is 15.8 Å². The van der Waals surface area contributed by atoms with Crippen LogP contribution in [0.2, 0.25) is 0 Å². The number of aliphatic carboxylic acids is 1. The lowest BCUT2D eigenvalue weighted by molar-refractivity contribution is -0.192. The lowest BCUT2D eigenvalue weighted by Gasteiger charge is -2.61. The number of nitrogens with two attached hydrogens (primary N) is 1. The molecule has 0 radical (unpaired) electrons. The van der Waals surface area contributed by atoms with Gasteiger partial charge in [-0.15, -0.1) is 23.1 Å². The van der Waals surface area contributed by atoms with Crippen molar-refractivity contribution in [3.8, 4) is 0 Å². The minimum absolute atomic E-state index is 0.0392. The minimum Gasteiger partial charge on any atom is -0.481 e. The molecule has 9 nitrogen and oxygen atoms in total. The zero-order valence-corrected chi connectivity index (χ0v) is 17.6. The van der Waals surface area contributed by atoms with Crippen LogP contribution in [0.25, 0.3) is 0 Å². The molecule has 3 rings (SSSR count). The molecule has 1 aromatic rings. The fraction of sp³-hybridized carbons (Fsp3) is 0.500. The predicted molar refractivity (Wildman–Crippen MR) is 107 cm³/mol. The SMILES string of the molecule is COC1(N(C(C)=O)c2cccs2)C(=O)N2CC(CSC(N)=O)(C(=O)O)CS[C@@H]21. The molecule has 0 aromatic carbocycles. The summed E-state index contributed by atoms with van der Waals surface area (Å²) in [5.74, 6) is -1.82. The number of methoxy groups -OCH3 is 1. The summed E-state index contributed by atoms with van der Waals surface area (Å²) in [6.07, 6.45) is 0. The van der Waals surface area contributed by atoms with E-state index in [9.17, 15) is 24.3 Å². The molecule has 3 amide bonds. The van der Waals surface area contributed by atoms with E-state index in [-0.39, 0.29) is 24.0 Å². The van der Waals surface area contributed by atoms with Gasteiger partial charge in [-0.2, -0.15) is 0 Å². The summed E-state index contributed by atoms with van der Waals surface area (Å²) in [7, 11) is 1.36. The number of hydrogen-bond acceptors (Lipinski definition) is 8. The number of amides is 3. The maximum atomic E-state index is 13.1. The number of carbonyl (C=O) groups excluding carboxylic acids is 3. The number of rotatable bonds is 6. The first kappa shape index (κ1) is 21.0. The van der Waals surface area contributed by atoms with E-state index in [2.05, 4.69) is 0 Å². The molecule has 0 spiro atoms. The normalized spacial score (nSPS) is 29.0. The van der Waals surface area contributed by atoms with Crippen LogP contribution in [-0.2, 0) is 19.1 Å². The van der Waals surface area contributed by atoms with Gasteiger partial charge in [-0.1, -0.05) is 11.8 Å². The summed E-state index contributed by atoms with van der Waals surface area (Å²) >= 11 is 3.25. The first-order valence-electron chi connectivity index (χ1n) is 8.17. The lowest BCUT2D eigenvalue weighted by Crippen LogP contribution is -2.83. The summed E-state index contributed by atoms with van der Waals surface area (Å²) in [4.78, 5) is 51.3. The molecule has 2 aliphatic rings. The molecule has 2 unspecified atom stereocenters. The van der Waals surface area contributed by atoms with Gasteiger partial charge < -0.3 is 20.5 Å². The fourth-order valence-corrected chi connectivity index (χ4v) is 6.81. The molecule has 152 valence electrons. The molecule has 0 aliphatic carbocycles. The van der Waals surface area contributed by atoms with Crippen molar-refractivity contribution in [1.82, 2.24) is 4.90 Å². The highest BCUT2D eigenvalue weighted by Gasteiger charge is 2.70. The van der Waals surface area contributed by atoms with Crippen LogP contribution in [0, 0.1) is 5.41 Å². The average molecular weight is 446 g/mol. The number of carboxylic acid groups (broad SMARTS) is 1. The number of primary amides is 1. The first-order chi connectivity index (χ1) is 13.2. The van der Waals surface area contributed by atoms with E-state index in [1.54, 1.807) is 17.5 Å². The van der Waals surface area contributed by atoms with Gasteiger partial charge in [0.25, 0.3) is 16.9 Å². The van der Waals surface area contributed by atoms with Crippen molar-refractivity contribution in [2.45, 2.75) is 18.0 Å². The highest BCUT2D eigenvalue weighted by atomic mass is 32.2. The number of nitrogens with zero attached hydrogens (tertiary/aromatic N) is 2. The summed E-state index contributed by atoms with van der Waals surface area (Å²) in [6, 6.07) is 3.49. The van der Waals surface area contributed by atoms with Gasteiger partial charge in [-0.3, -0.25) is 24.1 Å². The van der Waals surface area contributed by atoms with Gasteiger partial charge in [-0.25, -0.2) is 0 Å². The van der Waals surface area contributed by atoms with Crippen LogP contribution >= 0.6 is 34.9 Å². The summed E-state index contributed by atoms with van der Waals surface area (Å²) in [5, 5.41) is 10.9. The summed E-state index contributed by atoms with van der Waals surface area (Å²) in [6.45, 7) is 1.27. The van der Waals surface area contributed by atoms with E-state index >= 15 is 0 Å². The van der Waals surface area contributed by atoms with Gasteiger partial charge >= 0.3 is 5.97 Å². The standard InChI is InChI=1S/C16H19N3O6S3/c1-9(20)19(10-4-3-5-26-10)16(25-2)11(21)18-6-15(13(22)23,7-27-12(16)18)8-28-14(17)24/h3-5,12H,6-8H2,1-2H3,(H2,17,24)(H,22,23)/t12-,15?,16?/m1/s1. The molecule has 28 heavy (non-hydrogen) atoms. The van der Waals surface area contributed by atoms with Crippen LogP contribution in [0.1, 0.15) is 6.92 Å². The monoisotopic (exact) mass is 445 g/mol. The number of ether oxygens (including phenoxy) is 1. The second-order valence-electron chi connectivity index (χ2n) is 6.50. The molecule has 2 saturated heterocycles. The van der Waals surface area contributed by atoms with E-state index in [4.69, 9.17) is 10.5 Å². The Hall–Kier alpha value is -1.76. The van der Waals surface area contributed by atoms with Crippen LogP contribution in [0.3, 0.4) is 0 Å². The van der Waals surface area contributed by atoms with Crippen LogP contribution in [-0.4, -0.2) is 69.3 Å². The quantitative estimate of drug-likeness (QED) is 0.494. The van der Waals surface area contributed by atoms with Crippen molar-refractivity contribution in [3.05, 3.63) is 17.5 Å². The Balaban J connectivity index is 1.91. The van der Waals surface area contributed by atoms with Crippen molar-refractivity contribution >= 4 is 62.9 Å². The smallest absolute Gasteiger partial charge is 0.313 e. The Morgan fingerprint density at radius 3 is 2.71 bits per heavy atom. The van der Waals surface area contributed by atoms with Crippen LogP contribution in [0.4, 0.5) is 9.80 Å². The molecule has 2 aliphatic heterocycles. The lowest BCUT2D eigenvalue weighted by atomic mass is 9.87. The molecule has 3 N–H and O–H groups in total. The molecule has 2 fully saturated rings. The van der Waals surface area contributed by atoms with E-state index in [1.165, 1.54) is 46.9 Å². The first-order valence-corrected chi connectivity index (χ1v) is 11.1. The predicted octanol–water partition coefficient (Wildman–Crippen LogP) is 1.24. The Bertz CT molecular complexity index is 819. The molecule has 1 aromatic heterocycles. The molecule has 0 bridgehead atoms. The highest BCUT2D eigenvalue weighted by Crippen LogP contribution is 2.52. The topological polar surface area (TPSA) is 130 Å². The number of carboxylic acids is 1. The highest BCUT2D eigenvalue weighted by molar-refractivity contribution is 8.13. The number of fused-ring (bicyclic) bond motifs is 1. The van der Waals surface area contributed by atoms with Crippen molar-refractivity contribution < 1.29 is 29.0 Å². The second-order valence-corrected chi connectivity index (χ2v) is 9.47. The van der Waals surface area contributed by atoms with Gasteiger partial charge in [0, 0.05) is 32.1 Å². The van der Waals surface area contributed by atoms with Crippen LogP contribution in [0.5, 0.6) is 0 Å². The zero-order valence-electron chi connectivity index (χ0n) is 15.1. The third kappa shape index (κ3) is 3.08. The molecular formula is C16H19N3O6S3. The Kier molecular flexibility index (Phi) is 5.67. The van der Waals surface area contributed by atoms with Crippen LogP contribution < -0.4 is 10.6 Å². The van der Waals surface area contributed by atoms with Crippen molar-refractivity contribution in [2.24, 2.45) is 11.1 Å². The number of thioether (sulfide) groups is 2. The third-order valence-electron chi connectivity index (χ3n) is 4.80. The Morgan fingerprint density at radius 2 is 2.21 bits per heavy atom. The average Bonchev–Trinajstić information content (AvgIpc) is 3.17. The molecule has 3 atom stereocenters. The number of anilines is 1. The molecule has 12 heteroatoms. The van der Waals surface area contributed by atoms with E-state index < -0.39 is 33.6 Å². The molecule has 0 saturated carbocycles. The van der Waals surface area contributed by atoms with Crippen LogP contribution in [0.15, 0.2) is 17.5 Å². The Morgan fingerprint density at radius 1 is 1.50 bits per heavy atom. The largest absolute Gasteiger partial charge is 0.481 e. The maximum absolute atomic E-state index is 13.1. The zero-order chi connectivity index (χ0) is 20.7. The van der Waals surface area contributed by atoms with Gasteiger partial charge in [0.15, 0.2) is 0 Å². The number of thiophene rings is 1. The molecular weight excluding hydrogens is 426 g/mol. The van der Waals surface area contributed by atoms with Crippen molar-refractivity contribution in [2.75, 3.05) is 30.1 Å². The molecule has 3 heterocycles. The summed E-state index contributed by atoms with van der Waals surface area (Å²) in [5.41, 5.74) is 2.31. The number of hydrogen-bond donors (Lipinski definition) is 2. The minimum atomic E-state index is -1.52. The van der Waals surface area contributed by atoms with Crippen molar-refractivity contribution in [1.29, 1.82) is 0 Å². The number of carbonyl (C=O) groups is 4. The van der Waals surface area contributed by atoms with Gasteiger partial charge in [-0.05, 0) is 17.5 Å². The van der Waals surface area contributed by atoms with E-state index in [0.717, 1.165) is 11.8 Å².